The molecule has 1 amide bonds. The molecule has 0 spiro atoms. The predicted molar refractivity (Wildman–Crippen MR) is 125 cm³/mol. The van der Waals surface area contributed by atoms with Crippen LogP contribution in [0, 0.1) is 4.77 Å². The molecule has 1 aliphatic heterocycles. The molecule has 0 bridgehead atoms. The fraction of sp³-hybridized carbons (Fsp3) is 0.636. The molecule has 0 aromatic carbocycles. The minimum Gasteiger partial charge on any atom is -0.444 e. The molecule has 0 saturated carbocycles. The third-order valence-corrected chi connectivity index (χ3v) is 5.50. The summed E-state index contributed by atoms with van der Waals surface area (Å²) in [5, 5.41) is 0. The van der Waals surface area contributed by atoms with E-state index in [0.29, 0.717) is 48.3 Å². The number of likely N-dealkylation sites (tertiary alicyclic amines) is 1. The first-order valence-corrected chi connectivity index (χ1v) is 11.5. The number of rotatable bonds is 7. The number of nitrogens with zero attached hydrogens (tertiary/aromatic N) is 3. The average molecular weight is 481 g/mol. The van der Waals surface area contributed by atoms with Crippen molar-refractivity contribution in [2.75, 3.05) is 13.2 Å². The molecule has 1 unspecified atom stereocenters. The quantitative estimate of drug-likeness (QED) is 0.479. The van der Waals surface area contributed by atoms with E-state index in [2.05, 4.69) is 4.98 Å². The number of amides is 1. The summed E-state index contributed by atoms with van der Waals surface area (Å²) in [5.41, 5.74) is -0.0497. The van der Waals surface area contributed by atoms with Crippen LogP contribution in [0.4, 0.5) is 4.79 Å². The SMILES string of the molecule is CC(C)OCCn1c(=S)[nH]c(=O)c2c1ccn2COC(=O)C1CCCN1C(=O)OC(C)(C)C. The highest BCUT2D eigenvalue weighted by Gasteiger charge is 2.37. The lowest BCUT2D eigenvalue weighted by molar-refractivity contribution is -0.152. The van der Waals surface area contributed by atoms with E-state index in [1.165, 1.54) is 4.90 Å². The van der Waals surface area contributed by atoms with E-state index in [0.717, 1.165) is 0 Å². The number of aromatic nitrogens is 3. The van der Waals surface area contributed by atoms with Crippen molar-refractivity contribution in [3.8, 4) is 0 Å². The lowest BCUT2D eigenvalue weighted by atomic mass is 10.2. The van der Waals surface area contributed by atoms with Gasteiger partial charge in [0.1, 0.15) is 17.2 Å². The monoisotopic (exact) mass is 480 g/mol. The van der Waals surface area contributed by atoms with Gasteiger partial charge in [-0.2, -0.15) is 0 Å². The summed E-state index contributed by atoms with van der Waals surface area (Å²) in [4.78, 5) is 41.9. The van der Waals surface area contributed by atoms with Gasteiger partial charge < -0.3 is 23.3 Å². The summed E-state index contributed by atoms with van der Waals surface area (Å²) in [7, 11) is 0. The first-order chi connectivity index (χ1) is 15.5. The van der Waals surface area contributed by atoms with Gasteiger partial charge in [0.25, 0.3) is 5.56 Å². The number of esters is 1. The molecule has 11 heteroatoms. The molecule has 3 heterocycles. The molecule has 1 atom stereocenters. The number of carbonyl (C=O) groups excluding carboxylic acids is 2. The van der Waals surface area contributed by atoms with Gasteiger partial charge in [-0.3, -0.25) is 14.7 Å². The molecule has 182 valence electrons. The highest BCUT2D eigenvalue weighted by atomic mass is 32.1. The lowest BCUT2D eigenvalue weighted by Gasteiger charge is -2.27. The summed E-state index contributed by atoms with van der Waals surface area (Å²) >= 11 is 5.32. The van der Waals surface area contributed by atoms with Crippen LogP contribution in [-0.2, 0) is 32.3 Å². The van der Waals surface area contributed by atoms with E-state index < -0.39 is 23.7 Å². The van der Waals surface area contributed by atoms with Gasteiger partial charge in [-0.05, 0) is 65.7 Å². The third kappa shape index (κ3) is 6.02. The number of H-pyrrole nitrogens is 1. The molecule has 2 aromatic rings. The number of hydrogen-bond acceptors (Lipinski definition) is 7. The van der Waals surface area contributed by atoms with E-state index in [1.54, 1.807) is 42.2 Å². The standard InChI is InChI=1S/C22H32N4O6S/c1-14(2)30-12-11-25-15-8-10-24(17(15)18(27)23-20(25)33)13-31-19(28)16-7-6-9-26(16)21(29)32-22(3,4)5/h8,10,14,16H,6-7,9,11-13H2,1-5H3,(H,23,27,33). The van der Waals surface area contributed by atoms with E-state index in [4.69, 9.17) is 26.4 Å². The number of carbonyl (C=O) groups is 2. The number of nitrogens with one attached hydrogen (secondary N) is 1. The topological polar surface area (TPSA) is 108 Å². The first kappa shape index (κ1) is 25.0. The smallest absolute Gasteiger partial charge is 0.411 e. The van der Waals surface area contributed by atoms with Gasteiger partial charge in [-0.15, -0.1) is 0 Å². The van der Waals surface area contributed by atoms with Crippen molar-refractivity contribution < 1.29 is 23.8 Å². The van der Waals surface area contributed by atoms with Crippen LogP contribution in [0.3, 0.4) is 0 Å². The van der Waals surface area contributed by atoms with Crippen molar-refractivity contribution >= 4 is 35.3 Å². The van der Waals surface area contributed by atoms with Gasteiger partial charge in [-0.25, -0.2) is 9.59 Å². The molecule has 0 aliphatic carbocycles. The molecule has 1 fully saturated rings. The second-order valence-electron chi connectivity index (χ2n) is 9.27. The Morgan fingerprint density at radius 2 is 2.03 bits per heavy atom. The molecular formula is C22H32N4O6S. The molecule has 10 nitrogen and oxygen atoms in total. The normalized spacial score (nSPS) is 16.5. The second kappa shape index (κ2) is 10.1. The Morgan fingerprint density at radius 3 is 2.70 bits per heavy atom. The van der Waals surface area contributed by atoms with Gasteiger partial charge >= 0.3 is 12.1 Å². The molecule has 0 radical (unpaired) electrons. The first-order valence-electron chi connectivity index (χ1n) is 11.1. The molecule has 33 heavy (non-hydrogen) atoms. The van der Waals surface area contributed by atoms with Crippen LogP contribution in [-0.4, -0.2) is 62.0 Å². The Bertz CT molecular complexity index is 1130. The Kier molecular flexibility index (Phi) is 7.63. The Morgan fingerprint density at radius 1 is 1.30 bits per heavy atom. The molecule has 1 aliphatic rings. The van der Waals surface area contributed by atoms with E-state index in [-0.39, 0.29) is 18.4 Å². The van der Waals surface area contributed by atoms with E-state index in [9.17, 15) is 14.4 Å². The fourth-order valence-electron chi connectivity index (χ4n) is 3.75. The maximum atomic E-state index is 12.8. The Labute approximate surface area is 197 Å². The fourth-order valence-corrected chi connectivity index (χ4v) is 4.03. The van der Waals surface area contributed by atoms with Crippen LogP contribution < -0.4 is 5.56 Å². The van der Waals surface area contributed by atoms with Gasteiger partial charge in [0, 0.05) is 19.3 Å². The maximum absolute atomic E-state index is 12.8. The zero-order chi connectivity index (χ0) is 24.3. The van der Waals surface area contributed by atoms with Crippen LogP contribution in [0.25, 0.3) is 11.0 Å². The van der Waals surface area contributed by atoms with Crippen LogP contribution in [0.2, 0.25) is 0 Å². The molecule has 3 rings (SSSR count). The third-order valence-electron chi connectivity index (χ3n) is 5.18. The van der Waals surface area contributed by atoms with Crippen molar-refractivity contribution in [1.29, 1.82) is 0 Å². The number of aromatic amines is 1. The van der Waals surface area contributed by atoms with Crippen molar-refractivity contribution in [2.45, 2.75) is 78.5 Å². The summed E-state index contributed by atoms with van der Waals surface area (Å²) in [6.45, 7) is 10.4. The Hall–Kier alpha value is -2.66. The summed E-state index contributed by atoms with van der Waals surface area (Å²) in [6, 6.07) is 1.05. The van der Waals surface area contributed by atoms with Crippen molar-refractivity contribution in [3.63, 3.8) is 0 Å². The van der Waals surface area contributed by atoms with Gasteiger partial charge in [-0.1, -0.05) is 0 Å². The zero-order valence-corrected chi connectivity index (χ0v) is 20.6. The highest BCUT2D eigenvalue weighted by Crippen LogP contribution is 2.22. The maximum Gasteiger partial charge on any atom is 0.411 e. The lowest BCUT2D eigenvalue weighted by Crippen LogP contribution is -2.44. The number of ether oxygens (including phenoxy) is 3. The number of hydrogen-bond donors (Lipinski definition) is 1. The largest absolute Gasteiger partial charge is 0.444 e. The van der Waals surface area contributed by atoms with Crippen molar-refractivity contribution in [2.24, 2.45) is 0 Å². The minimum absolute atomic E-state index is 0.0808. The summed E-state index contributed by atoms with van der Waals surface area (Å²) in [6.07, 6.45) is 2.40. The average Bonchev–Trinajstić information content (AvgIpc) is 3.34. The van der Waals surface area contributed by atoms with Gasteiger partial charge in [0.05, 0.1) is 18.2 Å². The van der Waals surface area contributed by atoms with Crippen molar-refractivity contribution in [3.05, 3.63) is 27.4 Å². The predicted octanol–water partition coefficient (Wildman–Crippen LogP) is 3.19. The van der Waals surface area contributed by atoms with Gasteiger partial charge in [0.15, 0.2) is 11.5 Å². The molecule has 1 N–H and O–H groups in total. The van der Waals surface area contributed by atoms with Crippen LogP contribution in [0.1, 0.15) is 47.5 Å². The van der Waals surface area contributed by atoms with Crippen LogP contribution >= 0.6 is 12.2 Å². The van der Waals surface area contributed by atoms with E-state index >= 15 is 0 Å². The Balaban J connectivity index is 1.73. The molecule has 2 aromatic heterocycles. The number of fused-ring (bicyclic) bond motifs is 1. The summed E-state index contributed by atoms with van der Waals surface area (Å²) in [5.74, 6) is -0.533. The van der Waals surface area contributed by atoms with Gasteiger partial charge in [0.2, 0.25) is 0 Å². The van der Waals surface area contributed by atoms with Crippen LogP contribution in [0.15, 0.2) is 17.1 Å². The highest BCUT2D eigenvalue weighted by molar-refractivity contribution is 7.71. The zero-order valence-electron chi connectivity index (χ0n) is 19.8. The molecular weight excluding hydrogens is 448 g/mol. The van der Waals surface area contributed by atoms with Crippen LogP contribution in [0.5, 0.6) is 0 Å². The molecule has 1 saturated heterocycles. The van der Waals surface area contributed by atoms with E-state index in [1.807, 2.05) is 13.8 Å². The summed E-state index contributed by atoms with van der Waals surface area (Å²) < 4.78 is 20.1. The second-order valence-corrected chi connectivity index (χ2v) is 9.66. The van der Waals surface area contributed by atoms with Crippen molar-refractivity contribution in [1.82, 2.24) is 19.0 Å². The minimum atomic E-state index is -0.711.